The average molecular weight is 561 g/mol. The van der Waals surface area contributed by atoms with Crippen molar-refractivity contribution in [2.45, 2.75) is 71.4 Å². The van der Waals surface area contributed by atoms with Crippen molar-refractivity contribution in [3.05, 3.63) is 18.2 Å². The maximum atomic E-state index is 13.6. The molecule has 0 aromatic heterocycles. The Kier molecular flexibility index (Phi) is 11.4. The Morgan fingerprint density at radius 1 is 1.15 bits per heavy atom. The van der Waals surface area contributed by atoms with E-state index in [-0.39, 0.29) is 35.6 Å². The van der Waals surface area contributed by atoms with Gasteiger partial charge in [0, 0.05) is 58.8 Å². The zero-order chi connectivity index (χ0) is 29.4. The summed E-state index contributed by atoms with van der Waals surface area (Å²) in [6.07, 6.45) is 4.19. The molecule has 1 saturated carbocycles. The number of nitrogens with two attached hydrogens (primary N) is 1. The first-order chi connectivity index (χ1) is 19.0. The third-order valence-corrected chi connectivity index (χ3v) is 7.52. The molecule has 2 heterocycles. The molecule has 2 fully saturated rings. The number of carbonyl (C=O) groups is 3. The number of rotatable bonds is 11. The van der Waals surface area contributed by atoms with Crippen LogP contribution in [0.5, 0.6) is 5.75 Å². The van der Waals surface area contributed by atoms with E-state index in [4.69, 9.17) is 19.9 Å². The van der Waals surface area contributed by atoms with E-state index < -0.39 is 5.60 Å². The minimum absolute atomic E-state index is 0.00906. The SMILES string of the molecule is COCCC(C)C.COCCCN1C(=O)C(C)(C)Oc2ccc(N(C(=O)C3CNCC(C(N)=O)C3)C3CC3)cc21. The van der Waals surface area contributed by atoms with Gasteiger partial charge in [-0.25, -0.2) is 0 Å². The number of fused-ring (bicyclic) bond motifs is 1. The van der Waals surface area contributed by atoms with Crippen LogP contribution in [0.2, 0.25) is 0 Å². The molecule has 3 amide bonds. The normalized spacial score (nSPS) is 21.7. The van der Waals surface area contributed by atoms with Crippen molar-refractivity contribution in [2.24, 2.45) is 23.5 Å². The zero-order valence-corrected chi connectivity index (χ0v) is 25.0. The number of anilines is 2. The van der Waals surface area contributed by atoms with E-state index in [2.05, 4.69) is 19.2 Å². The molecule has 2 unspecified atom stereocenters. The van der Waals surface area contributed by atoms with Crippen molar-refractivity contribution in [2.75, 3.05) is 56.9 Å². The van der Waals surface area contributed by atoms with Gasteiger partial charge in [0.2, 0.25) is 11.8 Å². The van der Waals surface area contributed by atoms with E-state index in [1.165, 1.54) is 6.42 Å². The fourth-order valence-electron chi connectivity index (χ4n) is 5.04. The Hall–Kier alpha value is -2.69. The summed E-state index contributed by atoms with van der Waals surface area (Å²) in [5.41, 5.74) is 5.95. The predicted octanol–water partition coefficient (Wildman–Crippen LogP) is 3.11. The summed E-state index contributed by atoms with van der Waals surface area (Å²) in [7, 11) is 3.38. The summed E-state index contributed by atoms with van der Waals surface area (Å²) in [5.74, 6) is 0.233. The highest BCUT2D eigenvalue weighted by atomic mass is 16.5. The third-order valence-electron chi connectivity index (χ3n) is 7.52. The van der Waals surface area contributed by atoms with Crippen LogP contribution in [0.3, 0.4) is 0 Å². The van der Waals surface area contributed by atoms with Crippen LogP contribution in [0.25, 0.3) is 0 Å². The highest BCUT2D eigenvalue weighted by Crippen LogP contribution is 2.43. The number of hydrogen-bond acceptors (Lipinski definition) is 7. The van der Waals surface area contributed by atoms with Gasteiger partial charge < -0.3 is 35.1 Å². The number of hydrogen-bond donors (Lipinski definition) is 2. The average Bonchev–Trinajstić information content (AvgIpc) is 3.75. The van der Waals surface area contributed by atoms with E-state index in [9.17, 15) is 14.4 Å². The van der Waals surface area contributed by atoms with Crippen molar-refractivity contribution in [3.63, 3.8) is 0 Å². The molecule has 1 aromatic rings. The largest absolute Gasteiger partial charge is 0.476 e. The number of nitrogens with one attached hydrogen (secondary N) is 1. The maximum Gasteiger partial charge on any atom is 0.270 e. The van der Waals surface area contributed by atoms with E-state index in [0.29, 0.717) is 50.5 Å². The van der Waals surface area contributed by atoms with Crippen LogP contribution in [-0.2, 0) is 23.9 Å². The van der Waals surface area contributed by atoms with Crippen LogP contribution in [0.1, 0.15) is 59.8 Å². The van der Waals surface area contributed by atoms with Crippen molar-refractivity contribution in [1.82, 2.24) is 5.32 Å². The van der Waals surface area contributed by atoms with Gasteiger partial charge in [0.05, 0.1) is 17.5 Å². The van der Waals surface area contributed by atoms with E-state index in [1.807, 2.05) is 23.1 Å². The van der Waals surface area contributed by atoms with Crippen LogP contribution in [0.15, 0.2) is 18.2 Å². The molecule has 40 heavy (non-hydrogen) atoms. The number of benzene rings is 1. The Bertz CT molecular complexity index is 1030. The lowest BCUT2D eigenvalue weighted by Gasteiger charge is -2.39. The van der Waals surface area contributed by atoms with Crippen LogP contribution in [0.4, 0.5) is 11.4 Å². The zero-order valence-electron chi connectivity index (χ0n) is 25.0. The Balaban J connectivity index is 0.000000559. The van der Waals surface area contributed by atoms with E-state index in [1.54, 1.807) is 33.0 Å². The number of ether oxygens (including phenoxy) is 3. The molecule has 1 aliphatic carbocycles. The second-order valence-corrected chi connectivity index (χ2v) is 11.9. The minimum atomic E-state index is -0.967. The van der Waals surface area contributed by atoms with Crippen molar-refractivity contribution < 1.29 is 28.6 Å². The summed E-state index contributed by atoms with van der Waals surface area (Å²) in [5, 5.41) is 3.18. The van der Waals surface area contributed by atoms with Gasteiger partial charge >= 0.3 is 0 Å². The Morgan fingerprint density at radius 2 is 1.82 bits per heavy atom. The van der Waals surface area contributed by atoms with Crippen LogP contribution >= 0.6 is 0 Å². The highest BCUT2D eigenvalue weighted by molar-refractivity contribution is 6.04. The van der Waals surface area contributed by atoms with Crippen LogP contribution in [0, 0.1) is 17.8 Å². The van der Waals surface area contributed by atoms with Gasteiger partial charge in [-0.05, 0) is 70.1 Å². The lowest BCUT2D eigenvalue weighted by Crippen LogP contribution is -2.53. The molecule has 1 saturated heterocycles. The molecular weight excluding hydrogens is 512 g/mol. The molecule has 0 spiro atoms. The standard InChI is InChI=1S/C24H34N4O5.C6H14O/c1-24(2)23(31)27(9-4-10-32-3)19-12-18(7-8-20(19)33-24)28(17-5-6-17)22(30)16-11-15(21(25)29)13-26-14-16;1-6(2)4-5-7-3/h7-8,12,15-17,26H,4-6,9-11,13-14H2,1-3H3,(H2,25,29);6H,4-5H2,1-3H3. The van der Waals surface area contributed by atoms with Gasteiger partial charge in [0.25, 0.3) is 5.91 Å². The van der Waals surface area contributed by atoms with Gasteiger partial charge in [0.1, 0.15) is 5.75 Å². The molecule has 3 aliphatic rings. The summed E-state index contributed by atoms with van der Waals surface area (Å²) in [6, 6.07) is 5.74. The Labute approximate surface area is 238 Å². The molecule has 3 N–H and O–H groups in total. The monoisotopic (exact) mass is 560 g/mol. The van der Waals surface area contributed by atoms with Gasteiger partial charge in [-0.1, -0.05) is 13.8 Å². The first kappa shape index (κ1) is 31.8. The smallest absolute Gasteiger partial charge is 0.270 e. The topological polar surface area (TPSA) is 123 Å². The number of nitrogens with zero attached hydrogens (tertiary/aromatic N) is 2. The summed E-state index contributed by atoms with van der Waals surface area (Å²) in [4.78, 5) is 42.0. The molecule has 4 rings (SSSR count). The number of primary amides is 1. The van der Waals surface area contributed by atoms with E-state index in [0.717, 1.165) is 31.1 Å². The quantitative estimate of drug-likeness (QED) is 0.399. The molecule has 2 atom stereocenters. The maximum absolute atomic E-state index is 13.6. The third kappa shape index (κ3) is 8.17. The lowest BCUT2D eigenvalue weighted by atomic mass is 9.89. The van der Waals surface area contributed by atoms with Crippen LogP contribution in [-0.4, -0.2) is 76.4 Å². The molecule has 224 valence electrons. The number of methoxy groups -OCH3 is 2. The Morgan fingerprint density at radius 3 is 2.40 bits per heavy atom. The highest BCUT2D eigenvalue weighted by Gasteiger charge is 2.43. The van der Waals surface area contributed by atoms with Crippen molar-refractivity contribution in [1.29, 1.82) is 0 Å². The molecule has 1 aromatic carbocycles. The predicted molar refractivity (Wildman–Crippen MR) is 155 cm³/mol. The first-order valence-electron chi connectivity index (χ1n) is 14.5. The first-order valence-corrected chi connectivity index (χ1v) is 14.5. The van der Waals surface area contributed by atoms with Crippen molar-refractivity contribution in [3.8, 4) is 5.75 Å². The number of piperidine rings is 1. The fraction of sp³-hybridized carbons (Fsp3) is 0.700. The summed E-state index contributed by atoms with van der Waals surface area (Å²) in [6.45, 7) is 10.9. The van der Waals surface area contributed by atoms with Gasteiger partial charge in [-0.2, -0.15) is 0 Å². The van der Waals surface area contributed by atoms with Gasteiger partial charge in [-0.3, -0.25) is 14.4 Å². The second-order valence-electron chi connectivity index (χ2n) is 11.9. The van der Waals surface area contributed by atoms with Crippen molar-refractivity contribution >= 4 is 29.1 Å². The number of carbonyl (C=O) groups excluding carboxylic acids is 3. The number of amides is 3. The van der Waals surface area contributed by atoms with Crippen LogP contribution < -0.4 is 25.6 Å². The molecule has 10 nitrogen and oxygen atoms in total. The fourth-order valence-corrected chi connectivity index (χ4v) is 5.04. The lowest BCUT2D eigenvalue weighted by molar-refractivity contribution is -0.132. The molecular formula is C30H48N4O6. The van der Waals surface area contributed by atoms with Gasteiger partial charge in [-0.15, -0.1) is 0 Å². The van der Waals surface area contributed by atoms with Gasteiger partial charge in [0.15, 0.2) is 5.60 Å². The minimum Gasteiger partial charge on any atom is -0.476 e. The molecule has 2 aliphatic heterocycles. The molecule has 0 radical (unpaired) electrons. The molecule has 10 heteroatoms. The van der Waals surface area contributed by atoms with E-state index >= 15 is 0 Å². The second kappa shape index (κ2) is 14.3. The summed E-state index contributed by atoms with van der Waals surface area (Å²) < 4.78 is 16.0. The summed E-state index contributed by atoms with van der Waals surface area (Å²) >= 11 is 0. The molecule has 0 bridgehead atoms.